The lowest BCUT2D eigenvalue weighted by molar-refractivity contribution is -0.161. The summed E-state index contributed by atoms with van der Waals surface area (Å²) >= 11 is 0. The summed E-state index contributed by atoms with van der Waals surface area (Å²) in [6.07, 6.45) is 5.99. The van der Waals surface area contributed by atoms with Crippen LogP contribution in [-0.4, -0.2) is 22.2 Å². The van der Waals surface area contributed by atoms with Gasteiger partial charge >= 0.3 is 11.9 Å². The van der Waals surface area contributed by atoms with Crippen LogP contribution in [0.2, 0.25) is 0 Å². The Morgan fingerprint density at radius 3 is 2.36 bits per heavy atom. The molecule has 0 aliphatic heterocycles. The van der Waals surface area contributed by atoms with Gasteiger partial charge in [-0.2, -0.15) is 0 Å². The fourth-order valence-electron chi connectivity index (χ4n) is 2.33. The van der Waals surface area contributed by atoms with Gasteiger partial charge in [0.2, 0.25) is 0 Å². The fourth-order valence-corrected chi connectivity index (χ4v) is 2.33. The lowest BCUT2D eigenvalue weighted by Gasteiger charge is -2.25. The Hall–Kier alpha value is -2.56. The van der Waals surface area contributed by atoms with Crippen molar-refractivity contribution in [3.8, 4) is 5.75 Å². The number of rotatable bonds is 6. The monoisotopic (exact) mass is 302 g/mol. The summed E-state index contributed by atoms with van der Waals surface area (Å²) in [6, 6.07) is 7.49. The summed E-state index contributed by atoms with van der Waals surface area (Å²) in [7, 11) is 0. The van der Waals surface area contributed by atoms with Crippen molar-refractivity contribution in [2.45, 2.75) is 26.2 Å². The van der Waals surface area contributed by atoms with E-state index in [1.54, 1.807) is 18.2 Å². The number of aliphatic carboxylic acids is 2. The molecular weight excluding hydrogens is 284 g/mol. The SMILES string of the molecule is CCCc1ccc(OC2=CC=CC(C(=O)O)(C(=O)O)C2)cc1. The maximum atomic E-state index is 11.3. The van der Waals surface area contributed by atoms with Gasteiger partial charge in [0, 0.05) is 6.42 Å². The van der Waals surface area contributed by atoms with Crippen LogP contribution in [0, 0.1) is 5.41 Å². The largest absolute Gasteiger partial charge is 0.480 e. The molecule has 116 valence electrons. The second-order valence-corrected chi connectivity index (χ2v) is 5.25. The Labute approximate surface area is 128 Å². The molecule has 5 heteroatoms. The summed E-state index contributed by atoms with van der Waals surface area (Å²) in [5.74, 6) is -1.92. The summed E-state index contributed by atoms with van der Waals surface area (Å²) in [6.45, 7) is 2.10. The molecule has 2 N–H and O–H groups in total. The minimum atomic E-state index is -1.97. The molecule has 2 rings (SSSR count). The standard InChI is InChI=1S/C17H18O5/c1-2-4-12-6-8-13(9-7-12)22-14-5-3-10-17(11-14,15(18)19)16(20)21/h3,5-10H,2,4,11H2,1H3,(H,18,19)(H,20,21). The first-order valence-corrected chi connectivity index (χ1v) is 7.10. The van der Waals surface area contributed by atoms with Crippen molar-refractivity contribution >= 4 is 11.9 Å². The molecule has 0 spiro atoms. The van der Waals surface area contributed by atoms with Crippen LogP contribution in [0.4, 0.5) is 0 Å². The highest BCUT2D eigenvalue weighted by Crippen LogP contribution is 2.33. The first-order valence-electron chi connectivity index (χ1n) is 7.10. The highest BCUT2D eigenvalue weighted by atomic mass is 16.5. The number of hydrogen-bond acceptors (Lipinski definition) is 3. The molecule has 0 heterocycles. The molecule has 0 aromatic heterocycles. The molecular formula is C17H18O5. The minimum absolute atomic E-state index is 0.217. The van der Waals surface area contributed by atoms with Crippen molar-refractivity contribution in [3.05, 3.63) is 53.8 Å². The minimum Gasteiger partial charge on any atom is -0.480 e. The van der Waals surface area contributed by atoms with Gasteiger partial charge in [-0.3, -0.25) is 9.59 Å². The molecule has 0 fully saturated rings. The molecule has 1 aliphatic rings. The topological polar surface area (TPSA) is 83.8 Å². The molecule has 1 aromatic rings. The van der Waals surface area contributed by atoms with Crippen molar-refractivity contribution < 1.29 is 24.5 Å². The Morgan fingerprint density at radius 1 is 1.18 bits per heavy atom. The lowest BCUT2D eigenvalue weighted by atomic mass is 9.81. The van der Waals surface area contributed by atoms with Crippen LogP contribution < -0.4 is 4.74 Å². The second kappa shape index (κ2) is 6.47. The first-order chi connectivity index (χ1) is 10.5. The Kier molecular flexibility index (Phi) is 4.65. The lowest BCUT2D eigenvalue weighted by Crippen LogP contribution is -2.39. The number of hydrogen-bond donors (Lipinski definition) is 2. The maximum Gasteiger partial charge on any atom is 0.325 e. The second-order valence-electron chi connectivity index (χ2n) is 5.25. The highest BCUT2D eigenvalue weighted by molar-refractivity contribution is 6.01. The number of carbonyl (C=O) groups is 2. The zero-order chi connectivity index (χ0) is 16.2. The normalized spacial score (nSPS) is 16.0. The third-order valence-electron chi connectivity index (χ3n) is 3.59. The Morgan fingerprint density at radius 2 is 1.82 bits per heavy atom. The van der Waals surface area contributed by atoms with E-state index in [0.29, 0.717) is 11.5 Å². The molecule has 0 bridgehead atoms. The van der Waals surface area contributed by atoms with E-state index in [9.17, 15) is 19.8 Å². The number of aryl methyl sites for hydroxylation is 1. The molecule has 5 nitrogen and oxygen atoms in total. The van der Waals surface area contributed by atoms with Gasteiger partial charge in [-0.1, -0.05) is 37.6 Å². The summed E-state index contributed by atoms with van der Waals surface area (Å²) < 4.78 is 5.63. The van der Waals surface area contributed by atoms with Crippen LogP contribution >= 0.6 is 0 Å². The van der Waals surface area contributed by atoms with Crippen LogP contribution in [0.3, 0.4) is 0 Å². The Bertz CT molecular complexity index is 611. The first kappa shape index (κ1) is 15.8. The van der Waals surface area contributed by atoms with Gasteiger partial charge in [0.25, 0.3) is 0 Å². The summed E-state index contributed by atoms with van der Waals surface area (Å²) in [5, 5.41) is 18.4. The summed E-state index contributed by atoms with van der Waals surface area (Å²) in [5.41, 5.74) is -0.774. The fraction of sp³-hybridized carbons (Fsp3) is 0.294. The van der Waals surface area contributed by atoms with Crippen LogP contribution in [0.15, 0.2) is 48.3 Å². The van der Waals surface area contributed by atoms with E-state index in [1.807, 2.05) is 12.1 Å². The van der Waals surface area contributed by atoms with Crippen LogP contribution in [0.1, 0.15) is 25.3 Å². The van der Waals surface area contributed by atoms with Gasteiger partial charge in [0.05, 0.1) is 0 Å². The van der Waals surface area contributed by atoms with E-state index in [4.69, 9.17) is 4.74 Å². The number of carboxylic acids is 2. The molecule has 0 saturated heterocycles. The maximum absolute atomic E-state index is 11.3. The predicted octanol–water partition coefficient (Wildman–Crippen LogP) is 3.02. The number of allylic oxidation sites excluding steroid dienone is 3. The van der Waals surface area contributed by atoms with Crippen molar-refractivity contribution in [2.24, 2.45) is 5.41 Å². The van der Waals surface area contributed by atoms with E-state index in [1.165, 1.54) is 17.7 Å². The van der Waals surface area contributed by atoms with Gasteiger partial charge in [-0.05, 0) is 30.2 Å². The van der Waals surface area contributed by atoms with E-state index in [2.05, 4.69) is 6.92 Å². The Balaban J connectivity index is 2.14. The predicted molar refractivity (Wildman–Crippen MR) is 80.6 cm³/mol. The average Bonchev–Trinajstić information content (AvgIpc) is 2.49. The third kappa shape index (κ3) is 3.19. The quantitative estimate of drug-likeness (QED) is 0.789. The average molecular weight is 302 g/mol. The molecule has 0 amide bonds. The number of ether oxygens (including phenoxy) is 1. The smallest absolute Gasteiger partial charge is 0.325 e. The van der Waals surface area contributed by atoms with Gasteiger partial charge in [0.15, 0.2) is 5.41 Å². The van der Waals surface area contributed by atoms with E-state index in [0.717, 1.165) is 12.8 Å². The molecule has 0 atom stereocenters. The molecule has 22 heavy (non-hydrogen) atoms. The van der Waals surface area contributed by atoms with Crippen LogP contribution in [0.5, 0.6) is 5.75 Å². The van der Waals surface area contributed by atoms with Crippen molar-refractivity contribution in [1.82, 2.24) is 0 Å². The summed E-state index contributed by atoms with van der Waals surface area (Å²) in [4.78, 5) is 22.6. The van der Waals surface area contributed by atoms with Gasteiger partial charge in [0.1, 0.15) is 11.5 Å². The molecule has 0 saturated carbocycles. The van der Waals surface area contributed by atoms with Gasteiger partial charge in [-0.25, -0.2) is 0 Å². The van der Waals surface area contributed by atoms with Gasteiger partial charge in [-0.15, -0.1) is 0 Å². The van der Waals surface area contributed by atoms with Crippen molar-refractivity contribution in [2.75, 3.05) is 0 Å². The van der Waals surface area contributed by atoms with Crippen molar-refractivity contribution in [1.29, 1.82) is 0 Å². The zero-order valence-electron chi connectivity index (χ0n) is 12.3. The number of benzene rings is 1. The van der Waals surface area contributed by atoms with E-state index >= 15 is 0 Å². The third-order valence-corrected chi connectivity index (χ3v) is 3.59. The molecule has 0 radical (unpaired) electrons. The van der Waals surface area contributed by atoms with Crippen molar-refractivity contribution in [3.63, 3.8) is 0 Å². The van der Waals surface area contributed by atoms with Crippen LogP contribution in [-0.2, 0) is 16.0 Å². The van der Waals surface area contributed by atoms with Crippen LogP contribution in [0.25, 0.3) is 0 Å². The van der Waals surface area contributed by atoms with E-state index < -0.39 is 17.4 Å². The van der Waals surface area contributed by atoms with E-state index in [-0.39, 0.29) is 6.42 Å². The number of carboxylic acid groups (broad SMARTS) is 2. The highest BCUT2D eigenvalue weighted by Gasteiger charge is 2.46. The molecule has 1 aromatic carbocycles. The zero-order valence-corrected chi connectivity index (χ0v) is 12.3. The molecule has 0 unspecified atom stereocenters. The van der Waals surface area contributed by atoms with Gasteiger partial charge < -0.3 is 14.9 Å². The molecule has 1 aliphatic carbocycles.